The van der Waals surface area contributed by atoms with Gasteiger partial charge in [0.05, 0.1) is 17.2 Å². The Bertz CT molecular complexity index is 1150. The maximum atomic E-state index is 12.6. The molecule has 0 saturated carbocycles. The third-order valence-electron chi connectivity index (χ3n) is 4.19. The van der Waals surface area contributed by atoms with Crippen LogP contribution in [0.15, 0.2) is 65.2 Å². The fourth-order valence-electron chi connectivity index (χ4n) is 2.78. The fourth-order valence-corrected chi connectivity index (χ4v) is 3.44. The van der Waals surface area contributed by atoms with Crippen LogP contribution in [-0.2, 0) is 10.5 Å². The Labute approximate surface area is 187 Å². The van der Waals surface area contributed by atoms with E-state index in [4.69, 9.17) is 4.52 Å². The van der Waals surface area contributed by atoms with E-state index < -0.39 is 5.91 Å². The zero-order chi connectivity index (χ0) is 22.3. The minimum Gasteiger partial charge on any atom is -0.340 e. The molecular formula is C21H19N7O3S. The van der Waals surface area contributed by atoms with Gasteiger partial charge in [0.25, 0.3) is 0 Å². The number of nitrogens with zero attached hydrogens (tertiary/aromatic N) is 5. The lowest BCUT2D eigenvalue weighted by molar-refractivity contribution is -0.119. The first-order chi connectivity index (χ1) is 15.6. The van der Waals surface area contributed by atoms with E-state index >= 15 is 0 Å². The number of aryl methyl sites for hydroxylation is 1. The number of para-hydroxylation sites is 1. The van der Waals surface area contributed by atoms with Crippen molar-refractivity contribution in [1.82, 2.24) is 35.8 Å². The van der Waals surface area contributed by atoms with Crippen molar-refractivity contribution in [2.75, 3.05) is 5.75 Å². The van der Waals surface area contributed by atoms with E-state index in [1.165, 1.54) is 11.8 Å². The largest absolute Gasteiger partial charge is 0.340 e. The second-order valence-corrected chi connectivity index (χ2v) is 7.58. The fraction of sp³-hybridized carbons (Fsp3) is 0.143. The molecule has 32 heavy (non-hydrogen) atoms. The normalized spacial score (nSPS) is 10.7. The highest BCUT2D eigenvalue weighted by molar-refractivity contribution is 7.99. The van der Waals surface area contributed by atoms with Crippen LogP contribution in [0, 0.1) is 6.92 Å². The van der Waals surface area contributed by atoms with E-state index in [2.05, 4.69) is 31.1 Å². The highest BCUT2D eigenvalue weighted by atomic mass is 32.2. The molecule has 0 unspecified atom stereocenters. The molecule has 10 nitrogen and oxygen atoms in total. The van der Waals surface area contributed by atoms with Gasteiger partial charge in [-0.05, 0) is 12.1 Å². The molecule has 0 bridgehead atoms. The molecule has 2 amide bonds. The first-order valence-corrected chi connectivity index (χ1v) is 10.8. The average molecular weight is 449 g/mol. The molecule has 0 atom stereocenters. The Morgan fingerprint density at radius 3 is 2.41 bits per heavy atom. The van der Waals surface area contributed by atoms with Crippen LogP contribution < -0.4 is 10.9 Å². The predicted molar refractivity (Wildman–Crippen MR) is 118 cm³/mol. The summed E-state index contributed by atoms with van der Waals surface area (Å²) in [5, 5.41) is 8.11. The molecule has 2 aromatic heterocycles. The van der Waals surface area contributed by atoms with Gasteiger partial charge in [0, 0.05) is 12.5 Å². The molecule has 4 aromatic rings. The number of hydrogen-bond donors (Lipinski definition) is 2. The number of carbonyl (C=O) groups excluding carboxylic acids is 2. The Morgan fingerprint density at radius 1 is 1.00 bits per heavy atom. The van der Waals surface area contributed by atoms with Gasteiger partial charge in [-0.1, -0.05) is 53.7 Å². The Morgan fingerprint density at radius 2 is 1.72 bits per heavy atom. The molecule has 0 aliphatic rings. The van der Waals surface area contributed by atoms with Gasteiger partial charge >= 0.3 is 5.91 Å². The number of thioether (sulfide) groups is 1. The summed E-state index contributed by atoms with van der Waals surface area (Å²) >= 11 is 1.29. The van der Waals surface area contributed by atoms with Crippen LogP contribution in [0.4, 0.5) is 0 Å². The third-order valence-corrected chi connectivity index (χ3v) is 5.12. The van der Waals surface area contributed by atoms with E-state index in [0.717, 1.165) is 11.3 Å². The van der Waals surface area contributed by atoms with Gasteiger partial charge < -0.3 is 4.52 Å². The molecule has 0 radical (unpaired) electrons. The highest BCUT2D eigenvalue weighted by Crippen LogP contribution is 2.20. The molecule has 162 valence electrons. The van der Waals surface area contributed by atoms with Crippen LogP contribution in [-0.4, -0.2) is 42.5 Å². The summed E-state index contributed by atoms with van der Waals surface area (Å²) in [4.78, 5) is 33.1. The molecule has 2 N–H and O–H groups in total. The van der Waals surface area contributed by atoms with Gasteiger partial charge in [0.1, 0.15) is 0 Å². The van der Waals surface area contributed by atoms with Gasteiger partial charge in [0.15, 0.2) is 11.6 Å². The van der Waals surface area contributed by atoms with E-state index in [1.807, 2.05) is 60.7 Å². The average Bonchev–Trinajstić information content (AvgIpc) is 3.45. The van der Waals surface area contributed by atoms with Gasteiger partial charge in [-0.3, -0.25) is 20.4 Å². The second-order valence-electron chi connectivity index (χ2n) is 6.60. The lowest BCUT2D eigenvalue weighted by atomic mass is 10.2. The molecule has 0 aliphatic heterocycles. The quantitative estimate of drug-likeness (QED) is 0.412. The minimum atomic E-state index is -0.621. The third kappa shape index (κ3) is 5.19. The number of aromatic nitrogens is 5. The number of rotatable bonds is 7. The number of benzene rings is 2. The lowest BCUT2D eigenvalue weighted by Gasteiger charge is -2.05. The molecule has 0 aliphatic carbocycles. The summed E-state index contributed by atoms with van der Waals surface area (Å²) < 4.78 is 6.47. The lowest BCUT2D eigenvalue weighted by Crippen LogP contribution is -2.43. The number of hydrogen-bond acceptors (Lipinski definition) is 8. The zero-order valence-corrected chi connectivity index (χ0v) is 17.9. The van der Waals surface area contributed by atoms with Crippen molar-refractivity contribution in [1.29, 1.82) is 0 Å². The molecule has 2 aromatic carbocycles. The summed E-state index contributed by atoms with van der Waals surface area (Å²) in [6.07, 6.45) is 0. The molecule has 4 rings (SSSR count). The van der Waals surface area contributed by atoms with Crippen molar-refractivity contribution in [3.05, 3.63) is 78.2 Å². The summed E-state index contributed by atoms with van der Waals surface area (Å²) in [6.45, 7) is 1.69. The molecular weight excluding hydrogens is 430 g/mol. The van der Waals surface area contributed by atoms with E-state index in [9.17, 15) is 9.59 Å². The van der Waals surface area contributed by atoms with E-state index in [0.29, 0.717) is 23.3 Å². The number of amides is 2. The van der Waals surface area contributed by atoms with Crippen LogP contribution in [0.2, 0.25) is 0 Å². The predicted octanol–water partition coefficient (Wildman–Crippen LogP) is 2.32. The summed E-state index contributed by atoms with van der Waals surface area (Å²) in [5.41, 5.74) is 6.29. The highest BCUT2D eigenvalue weighted by Gasteiger charge is 2.19. The Kier molecular flexibility index (Phi) is 6.56. The number of nitrogens with one attached hydrogen (secondary N) is 2. The molecule has 0 spiro atoms. The van der Waals surface area contributed by atoms with Crippen LogP contribution in [0.3, 0.4) is 0 Å². The Balaban J connectivity index is 1.41. The van der Waals surface area contributed by atoms with Crippen molar-refractivity contribution >= 4 is 23.6 Å². The first-order valence-electron chi connectivity index (χ1n) is 9.64. The van der Waals surface area contributed by atoms with Crippen LogP contribution in [0.5, 0.6) is 0 Å². The van der Waals surface area contributed by atoms with Gasteiger partial charge in [-0.25, -0.2) is 9.67 Å². The number of carbonyl (C=O) groups is 2. The summed E-state index contributed by atoms with van der Waals surface area (Å²) in [7, 11) is 0. The zero-order valence-electron chi connectivity index (χ0n) is 17.1. The second kappa shape index (κ2) is 9.88. The molecule has 11 heteroatoms. The van der Waals surface area contributed by atoms with Crippen molar-refractivity contribution in [2.45, 2.75) is 12.7 Å². The van der Waals surface area contributed by atoms with E-state index in [1.54, 1.807) is 11.6 Å². The van der Waals surface area contributed by atoms with Crippen LogP contribution in [0.1, 0.15) is 22.3 Å². The smallest absolute Gasteiger partial charge is 0.309 e. The van der Waals surface area contributed by atoms with Gasteiger partial charge in [0.2, 0.25) is 17.6 Å². The van der Waals surface area contributed by atoms with Crippen molar-refractivity contribution < 1.29 is 14.1 Å². The van der Waals surface area contributed by atoms with Crippen molar-refractivity contribution in [3.8, 4) is 17.1 Å². The summed E-state index contributed by atoms with van der Waals surface area (Å²) in [5.74, 6) is 0.945. The molecule has 0 fully saturated rings. The topological polar surface area (TPSA) is 128 Å². The van der Waals surface area contributed by atoms with E-state index in [-0.39, 0.29) is 17.5 Å². The standard InChI is InChI=1S/C21H19N7O3S/c1-14-22-17(27-31-14)12-32-13-18(29)24-25-21(30)19-23-20(15-8-4-2-5-9-15)28(26-19)16-10-6-3-7-11-16/h2-11H,12-13H2,1H3,(H,24,29)(H,25,30). The molecule has 2 heterocycles. The van der Waals surface area contributed by atoms with Crippen molar-refractivity contribution in [3.63, 3.8) is 0 Å². The monoisotopic (exact) mass is 449 g/mol. The van der Waals surface area contributed by atoms with Crippen LogP contribution >= 0.6 is 11.8 Å². The van der Waals surface area contributed by atoms with Gasteiger partial charge in [-0.15, -0.1) is 16.9 Å². The minimum absolute atomic E-state index is 0.0667. The van der Waals surface area contributed by atoms with Crippen molar-refractivity contribution in [2.24, 2.45) is 0 Å². The van der Waals surface area contributed by atoms with Crippen LogP contribution in [0.25, 0.3) is 17.1 Å². The van der Waals surface area contributed by atoms with Gasteiger partial charge in [-0.2, -0.15) is 4.98 Å². The first kappa shape index (κ1) is 21.2. The maximum Gasteiger partial charge on any atom is 0.309 e. The SMILES string of the molecule is Cc1nc(CSCC(=O)NNC(=O)c2nc(-c3ccccc3)n(-c3ccccc3)n2)no1. The number of hydrazine groups is 1. The Hall–Kier alpha value is -3.99. The maximum absolute atomic E-state index is 12.6. The summed E-state index contributed by atoms with van der Waals surface area (Å²) in [6, 6.07) is 18.8. The molecule has 0 saturated heterocycles.